The Balaban J connectivity index is 0.000000315. The lowest BCUT2D eigenvalue weighted by Gasteiger charge is -2.00. The number of rotatable bonds is 2. The van der Waals surface area contributed by atoms with E-state index < -0.39 is 11.9 Å². The van der Waals surface area contributed by atoms with Gasteiger partial charge < -0.3 is 19.9 Å². The summed E-state index contributed by atoms with van der Waals surface area (Å²) < 4.78 is 5.10. The fourth-order valence-electron chi connectivity index (χ4n) is 1.43. The van der Waals surface area contributed by atoms with Crippen LogP contribution in [-0.4, -0.2) is 39.2 Å². The van der Waals surface area contributed by atoms with Crippen molar-refractivity contribution in [1.29, 1.82) is 0 Å². The van der Waals surface area contributed by atoms with Crippen molar-refractivity contribution in [3.05, 3.63) is 35.7 Å². The van der Waals surface area contributed by atoms with Crippen molar-refractivity contribution in [1.82, 2.24) is 9.97 Å². The maximum Gasteiger partial charge on any atom is 0.414 e. The standard InChI is InChI=1S/C12H14N2O.C2H2O4/c1-8-9(2)14-12(13-8)10-4-6-11(15-3)7-5-10;3-1(4)2(5)6/h4-7H,1-3H3,(H,13,14);(H,3,4)(H,5,6). The van der Waals surface area contributed by atoms with Gasteiger partial charge in [0.1, 0.15) is 11.6 Å². The zero-order chi connectivity index (χ0) is 16.0. The summed E-state index contributed by atoms with van der Waals surface area (Å²) in [4.78, 5) is 25.9. The smallest absolute Gasteiger partial charge is 0.414 e. The normalized spacial score (nSPS) is 9.48. The van der Waals surface area contributed by atoms with Gasteiger partial charge in [0.2, 0.25) is 0 Å². The van der Waals surface area contributed by atoms with Crippen LogP contribution in [0.5, 0.6) is 5.75 Å². The van der Waals surface area contributed by atoms with Gasteiger partial charge in [-0.25, -0.2) is 14.6 Å². The van der Waals surface area contributed by atoms with Gasteiger partial charge in [-0.05, 0) is 38.1 Å². The minimum absolute atomic E-state index is 0.860. The Morgan fingerprint density at radius 2 is 1.62 bits per heavy atom. The molecular formula is C14H16N2O5. The van der Waals surface area contributed by atoms with E-state index >= 15 is 0 Å². The lowest BCUT2D eigenvalue weighted by Crippen LogP contribution is -2.09. The molecule has 1 aromatic carbocycles. The second-order valence-electron chi connectivity index (χ2n) is 4.13. The second kappa shape index (κ2) is 7.09. The Hall–Kier alpha value is -2.83. The van der Waals surface area contributed by atoms with Crippen molar-refractivity contribution in [2.45, 2.75) is 13.8 Å². The average Bonchev–Trinajstić information content (AvgIpc) is 2.79. The molecule has 0 bridgehead atoms. The molecule has 1 heterocycles. The summed E-state index contributed by atoms with van der Waals surface area (Å²) in [5.74, 6) is -1.88. The van der Waals surface area contributed by atoms with Crippen molar-refractivity contribution < 1.29 is 24.5 Å². The Morgan fingerprint density at radius 3 is 1.95 bits per heavy atom. The molecule has 1 aromatic heterocycles. The van der Waals surface area contributed by atoms with Gasteiger partial charge in [-0.1, -0.05) is 0 Å². The minimum atomic E-state index is -1.82. The molecule has 3 N–H and O–H groups in total. The highest BCUT2D eigenvalue weighted by molar-refractivity contribution is 6.27. The summed E-state index contributed by atoms with van der Waals surface area (Å²) in [7, 11) is 1.66. The predicted octanol–water partition coefficient (Wildman–Crippen LogP) is 1.86. The van der Waals surface area contributed by atoms with Crippen LogP contribution in [0.25, 0.3) is 11.4 Å². The number of nitrogens with one attached hydrogen (secondary N) is 1. The maximum absolute atomic E-state index is 9.10. The van der Waals surface area contributed by atoms with E-state index in [0.717, 1.165) is 28.5 Å². The van der Waals surface area contributed by atoms with E-state index in [1.54, 1.807) is 7.11 Å². The molecule has 0 saturated heterocycles. The van der Waals surface area contributed by atoms with Crippen LogP contribution in [-0.2, 0) is 9.59 Å². The number of hydrogen-bond donors (Lipinski definition) is 3. The number of aryl methyl sites for hydroxylation is 2. The van der Waals surface area contributed by atoms with Crippen molar-refractivity contribution in [3.63, 3.8) is 0 Å². The second-order valence-corrected chi connectivity index (χ2v) is 4.13. The number of ether oxygens (including phenoxy) is 1. The Morgan fingerprint density at radius 1 is 1.10 bits per heavy atom. The van der Waals surface area contributed by atoms with E-state index in [1.807, 2.05) is 38.1 Å². The van der Waals surface area contributed by atoms with E-state index in [-0.39, 0.29) is 0 Å². The number of benzene rings is 1. The van der Waals surface area contributed by atoms with Crippen LogP contribution in [0.1, 0.15) is 11.4 Å². The maximum atomic E-state index is 9.10. The fraction of sp³-hybridized carbons (Fsp3) is 0.214. The Labute approximate surface area is 121 Å². The SMILES string of the molecule is COc1ccc(-c2nc(C)c(C)[nH]2)cc1.O=C(O)C(=O)O. The lowest BCUT2D eigenvalue weighted by atomic mass is 10.2. The predicted molar refractivity (Wildman–Crippen MR) is 75.3 cm³/mol. The lowest BCUT2D eigenvalue weighted by molar-refractivity contribution is -0.159. The number of aromatic nitrogens is 2. The van der Waals surface area contributed by atoms with E-state index in [1.165, 1.54) is 0 Å². The van der Waals surface area contributed by atoms with Crippen LogP contribution in [0.2, 0.25) is 0 Å². The molecule has 0 fully saturated rings. The number of hydrogen-bond acceptors (Lipinski definition) is 4. The molecule has 21 heavy (non-hydrogen) atoms. The third kappa shape index (κ3) is 4.64. The molecule has 0 unspecified atom stereocenters. The first kappa shape index (κ1) is 16.2. The molecule has 2 aromatic rings. The molecule has 2 rings (SSSR count). The van der Waals surface area contributed by atoms with Crippen molar-refractivity contribution >= 4 is 11.9 Å². The number of carbonyl (C=O) groups is 2. The first-order chi connectivity index (χ1) is 9.85. The number of nitrogens with zero attached hydrogens (tertiary/aromatic N) is 1. The van der Waals surface area contributed by atoms with Crippen molar-refractivity contribution in [2.75, 3.05) is 7.11 Å². The van der Waals surface area contributed by atoms with Crippen molar-refractivity contribution in [2.24, 2.45) is 0 Å². The highest BCUT2D eigenvalue weighted by atomic mass is 16.5. The number of carboxylic acid groups (broad SMARTS) is 2. The third-order valence-corrected chi connectivity index (χ3v) is 2.67. The van der Waals surface area contributed by atoms with Gasteiger partial charge in [-0.15, -0.1) is 0 Å². The van der Waals surface area contributed by atoms with E-state index in [9.17, 15) is 0 Å². The fourth-order valence-corrected chi connectivity index (χ4v) is 1.43. The molecular weight excluding hydrogens is 276 g/mol. The third-order valence-electron chi connectivity index (χ3n) is 2.67. The van der Waals surface area contributed by atoms with E-state index in [0.29, 0.717) is 0 Å². The van der Waals surface area contributed by atoms with Crippen LogP contribution in [0.4, 0.5) is 0 Å². The molecule has 0 aliphatic heterocycles. The molecule has 0 amide bonds. The van der Waals surface area contributed by atoms with Crippen molar-refractivity contribution in [3.8, 4) is 17.1 Å². The zero-order valence-corrected chi connectivity index (χ0v) is 11.9. The van der Waals surface area contributed by atoms with E-state index in [2.05, 4.69) is 9.97 Å². The number of methoxy groups -OCH3 is 1. The number of aromatic amines is 1. The van der Waals surface area contributed by atoms with Gasteiger partial charge in [0, 0.05) is 11.3 Å². The molecule has 0 atom stereocenters. The molecule has 7 heteroatoms. The minimum Gasteiger partial charge on any atom is -0.497 e. The summed E-state index contributed by atoms with van der Waals surface area (Å²) >= 11 is 0. The summed E-state index contributed by atoms with van der Waals surface area (Å²) in [6.45, 7) is 4.02. The average molecular weight is 292 g/mol. The zero-order valence-electron chi connectivity index (χ0n) is 11.9. The summed E-state index contributed by atoms with van der Waals surface area (Å²) in [5.41, 5.74) is 3.23. The molecule has 0 spiro atoms. The van der Waals surface area contributed by atoms with Crippen LogP contribution in [0, 0.1) is 13.8 Å². The van der Waals surface area contributed by atoms with Gasteiger partial charge in [0.05, 0.1) is 12.8 Å². The Bertz CT molecular complexity index is 600. The number of carboxylic acids is 2. The van der Waals surface area contributed by atoms with Crippen LogP contribution in [0.15, 0.2) is 24.3 Å². The molecule has 0 aliphatic rings. The topological polar surface area (TPSA) is 113 Å². The molecule has 0 saturated carbocycles. The van der Waals surface area contributed by atoms with Gasteiger partial charge in [-0.3, -0.25) is 0 Å². The van der Waals surface area contributed by atoms with Gasteiger partial charge in [-0.2, -0.15) is 0 Å². The summed E-state index contributed by atoms with van der Waals surface area (Å²) in [6, 6.07) is 7.86. The molecule has 0 radical (unpaired) electrons. The van der Waals surface area contributed by atoms with E-state index in [4.69, 9.17) is 24.5 Å². The number of imidazole rings is 1. The van der Waals surface area contributed by atoms with Gasteiger partial charge in [0.25, 0.3) is 0 Å². The van der Waals surface area contributed by atoms with Crippen LogP contribution < -0.4 is 4.74 Å². The quantitative estimate of drug-likeness (QED) is 0.728. The highest BCUT2D eigenvalue weighted by Gasteiger charge is 2.05. The van der Waals surface area contributed by atoms with Gasteiger partial charge >= 0.3 is 11.9 Å². The molecule has 112 valence electrons. The first-order valence-electron chi connectivity index (χ1n) is 5.99. The highest BCUT2D eigenvalue weighted by Crippen LogP contribution is 2.20. The largest absolute Gasteiger partial charge is 0.497 e. The summed E-state index contributed by atoms with van der Waals surface area (Å²) in [6.07, 6.45) is 0. The van der Waals surface area contributed by atoms with Gasteiger partial charge in [0.15, 0.2) is 0 Å². The number of aliphatic carboxylic acids is 2. The molecule has 7 nitrogen and oxygen atoms in total. The first-order valence-corrected chi connectivity index (χ1v) is 5.99. The van der Waals surface area contributed by atoms with Crippen LogP contribution >= 0.6 is 0 Å². The summed E-state index contributed by atoms with van der Waals surface area (Å²) in [5, 5.41) is 14.8. The monoisotopic (exact) mass is 292 g/mol. The van der Waals surface area contributed by atoms with Crippen LogP contribution in [0.3, 0.4) is 0 Å². The Kier molecular flexibility index (Phi) is 5.48. The number of H-pyrrole nitrogens is 1. The molecule has 0 aliphatic carbocycles.